The second-order valence-corrected chi connectivity index (χ2v) is 6.29. The van der Waals surface area contributed by atoms with Crippen molar-refractivity contribution in [3.63, 3.8) is 0 Å². The van der Waals surface area contributed by atoms with Gasteiger partial charge in [-0.05, 0) is 54.2 Å². The summed E-state index contributed by atoms with van der Waals surface area (Å²) in [7, 11) is 3.16. The van der Waals surface area contributed by atoms with Crippen LogP contribution in [0, 0.1) is 0 Å². The van der Waals surface area contributed by atoms with Crippen molar-refractivity contribution >= 4 is 40.9 Å². The summed E-state index contributed by atoms with van der Waals surface area (Å²) in [4.78, 5) is 24.1. The molecule has 0 aromatic heterocycles. The van der Waals surface area contributed by atoms with E-state index in [-0.39, 0.29) is 16.9 Å². The number of rotatable bonds is 8. The van der Waals surface area contributed by atoms with E-state index in [1.807, 2.05) is 24.3 Å². The molecule has 8 heteroatoms. The summed E-state index contributed by atoms with van der Waals surface area (Å²) in [5.41, 5.74) is 1.92. The highest BCUT2D eigenvalue weighted by atomic mass is 32.1. The number of thiocarbonyl (C=S) groups is 1. The summed E-state index contributed by atoms with van der Waals surface area (Å²) in [6, 6.07) is 14.1. The number of hydrogen-bond acceptors (Lipinski definition) is 5. The molecule has 0 atom stereocenters. The van der Waals surface area contributed by atoms with E-state index in [4.69, 9.17) is 21.7 Å². The highest BCUT2D eigenvalue weighted by molar-refractivity contribution is 7.80. The Labute approximate surface area is 175 Å². The van der Waals surface area contributed by atoms with Crippen LogP contribution in [0.2, 0.25) is 0 Å². The minimum Gasteiger partial charge on any atom is -0.497 e. The van der Waals surface area contributed by atoms with Gasteiger partial charge in [-0.2, -0.15) is 0 Å². The molecule has 0 bridgehead atoms. The van der Waals surface area contributed by atoms with Gasteiger partial charge in [-0.25, -0.2) is 0 Å². The molecule has 2 amide bonds. The fourth-order valence-electron chi connectivity index (χ4n) is 2.31. The van der Waals surface area contributed by atoms with Crippen molar-refractivity contribution in [2.75, 3.05) is 32.7 Å². The molecule has 152 valence electrons. The van der Waals surface area contributed by atoms with Gasteiger partial charge in [0.05, 0.1) is 13.7 Å². The highest BCUT2D eigenvalue weighted by Gasteiger charge is 2.07. The first kappa shape index (κ1) is 22.1. The zero-order valence-electron chi connectivity index (χ0n) is 16.2. The van der Waals surface area contributed by atoms with Crippen molar-refractivity contribution in [1.29, 1.82) is 0 Å². The number of ether oxygens (including phenoxy) is 2. The largest absolute Gasteiger partial charge is 0.497 e. The lowest BCUT2D eigenvalue weighted by molar-refractivity contribution is -0.115. The van der Waals surface area contributed by atoms with Crippen LogP contribution in [-0.2, 0) is 9.53 Å². The van der Waals surface area contributed by atoms with Crippen molar-refractivity contribution < 1.29 is 19.1 Å². The Bertz CT molecular complexity index is 882. The van der Waals surface area contributed by atoms with Gasteiger partial charge < -0.3 is 20.1 Å². The lowest BCUT2D eigenvalue weighted by Gasteiger charge is -2.10. The van der Waals surface area contributed by atoms with E-state index in [9.17, 15) is 9.59 Å². The number of carbonyl (C=O) groups excluding carboxylic acids is 2. The number of anilines is 1. The molecular weight excluding hydrogens is 390 g/mol. The fourth-order valence-corrected chi connectivity index (χ4v) is 2.53. The molecule has 0 aliphatic heterocycles. The number of carbonyl (C=O) groups is 2. The van der Waals surface area contributed by atoms with E-state index in [0.717, 1.165) is 11.3 Å². The molecular formula is C21H23N3O4S. The Morgan fingerprint density at radius 1 is 1.10 bits per heavy atom. The van der Waals surface area contributed by atoms with Crippen LogP contribution in [0.5, 0.6) is 5.75 Å². The van der Waals surface area contributed by atoms with Crippen molar-refractivity contribution in [3.05, 3.63) is 65.7 Å². The third kappa shape index (κ3) is 7.73. The molecule has 0 heterocycles. The average molecular weight is 413 g/mol. The van der Waals surface area contributed by atoms with Crippen LogP contribution in [0.4, 0.5) is 5.69 Å². The molecule has 2 aromatic carbocycles. The van der Waals surface area contributed by atoms with Gasteiger partial charge in [-0.1, -0.05) is 18.2 Å². The van der Waals surface area contributed by atoms with Gasteiger partial charge in [0.1, 0.15) is 5.75 Å². The first-order valence-corrected chi connectivity index (χ1v) is 9.24. The minimum atomic E-state index is -0.369. The molecule has 0 spiro atoms. The van der Waals surface area contributed by atoms with E-state index in [1.165, 1.54) is 6.08 Å². The minimum absolute atomic E-state index is 0.131. The van der Waals surface area contributed by atoms with Crippen molar-refractivity contribution in [2.45, 2.75) is 0 Å². The fraction of sp³-hybridized carbons (Fsp3) is 0.190. The normalized spacial score (nSPS) is 10.4. The monoisotopic (exact) mass is 413 g/mol. The van der Waals surface area contributed by atoms with Gasteiger partial charge in [0.25, 0.3) is 5.91 Å². The number of hydrogen-bond donors (Lipinski definition) is 3. The maximum Gasteiger partial charge on any atom is 0.251 e. The van der Waals surface area contributed by atoms with Crippen molar-refractivity contribution in [2.24, 2.45) is 0 Å². The molecule has 0 aliphatic rings. The van der Waals surface area contributed by atoms with Gasteiger partial charge in [-0.15, -0.1) is 0 Å². The summed E-state index contributed by atoms with van der Waals surface area (Å²) in [6.07, 6.45) is 3.05. The molecule has 0 fully saturated rings. The Morgan fingerprint density at radius 2 is 1.86 bits per heavy atom. The number of amides is 2. The molecule has 29 heavy (non-hydrogen) atoms. The number of methoxy groups -OCH3 is 2. The van der Waals surface area contributed by atoms with Gasteiger partial charge >= 0.3 is 0 Å². The van der Waals surface area contributed by atoms with Crippen LogP contribution in [0.15, 0.2) is 54.6 Å². The van der Waals surface area contributed by atoms with E-state index >= 15 is 0 Å². The van der Waals surface area contributed by atoms with Crippen LogP contribution in [0.3, 0.4) is 0 Å². The molecule has 0 aliphatic carbocycles. The van der Waals surface area contributed by atoms with Crippen molar-refractivity contribution in [3.8, 4) is 5.75 Å². The molecule has 3 N–H and O–H groups in total. The average Bonchev–Trinajstić information content (AvgIpc) is 2.72. The highest BCUT2D eigenvalue weighted by Crippen LogP contribution is 2.12. The number of benzene rings is 2. The summed E-state index contributed by atoms with van der Waals surface area (Å²) in [6.45, 7) is 0.853. The summed E-state index contributed by atoms with van der Waals surface area (Å²) in [5, 5.41) is 8.33. The first-order chi connectivity index (χ1) is 14.0. The molecule has 2 aromatic rings. The molecule has 0 radical (unpaired) electrons. The van der Waals surface area contributed by atoms with E-state index in [1.54, 1.807) is 44.6 Å². The summed E-state index contributed by atoms with van der Waals surface area (Å²) in [5.74, 6) is 0.154. The quantitative estimate of drug-likeness (QED) is 0.350. The zero-order valence-corrected chi connectivity index (χ0v) is 17.0. The van der Waals surface area contributed by atoms with Crippen molar-refractivity contribution in [1.82, 2.24) is 10.6 Å². The predicted octanol–water partition coefficient (Wildman–Crippen LogP) is 2.60. The van der Waals surface area contributed by atoms with Crippen LogP contribution in [0.1, 0.15) is 15.9 Å². The maximum atomic E-state index is 12.1. The van der Waals surface area contributed by atoms with Gasteiger partial charge in [0.15, 0.2) is 5.11 Å². The van der Waals surface area contributed by atoms with E-state index < -0.39 is 0 Å². The van der Waals surface area contributed by atoms with Gasteiger partial charge in [0, 0.05) is 31.0 Å². The molecule has 0 saturated heterocycles. The Kier molecular flexibility index (Phi) is 8.81. The predicted molar refractivity (Wildman–Crippen MR) is 117 cm³/mol. The molecule has 7 nitrogen and oxygen atoms in total. The third-order valence-corrected chi connectivity index (χ3v) is 3.96. The molecule has 2 rings (SSSR count). The maximum absolute atomic E-state index is 12.1. The number of nitrogens with one attached hydrogen (secondary N) is 3. The van der Waals surface area contributed by atoms with E-state index in [2.05, 4.69) is 16.0 Å². The smallest absolute Gasteiger partial charge is 0.251 e. The van der Waals surface area contributed by atoms with E-state index in [0.29, 0.717) is 24.4 Å². The van der Waals surface area contributed by atoms with Crippen LogP contribution in [-0.4, -0.2) is 44.3 Å². The van der Waals surface area contributed by atoms with Gasteiger partial charge in [0.2, 0.25) is 5.91 Å². The Balaban J connectivity index is 1.87. The Hall–Kier alpha value is -3.23. The summed E-state index contributed by atoms with van der Waals surface area (Å²) >= 11 is 5.16. The standard InChI is InChI=1S/C21H23N3O4S/c1-27-13-12-22-20(26)16-4-3-5-17(14-16)23-21(29)24-19(25)11-8-15-6-9-18(28-2)10-7-15/h3-11,14H,12-13H2,1-2H3,(H,22,26)(H2,23,24,25,29)/b11-8+. The van der Waals surface area contributed by atoms with Gasteiger partial charge in [-0.3, -0.25) is 14.9 Å². The topological polar surface area (TPSA) is 88.7 Å². The summed E-state index contributed by atoms with van der Waals surface area (Å²) < 4.78 is 10.00. The second-order valence-electron chi connectivity index (χ2n) is 5.88. The SMILES string of the molecule is COCCNC(=O)c1cccc(NC(=S)NC(=O)/C=C/c2ccc(OC)cc2)c1. The first-order valence-electron chi connectivity index (χ1n) is 8.83. The Morgan fingerprint density at radius 3 is 2.55 bits per heavy atom. The zero-order chi connectivity index (χ0) is 21.1. The second kappa shape index (κ2) is 11.6. The van der Waals surface area contributed by atoms with Crippen LogP contribution < -0.4 is 20.7 Å². The third-order valence-electron chi connectivity index (χ3n) is 3.75. The lowest BCUT2D eigenvalue weighted by Crippen LogP contribution is -2.33. The van der Waals surface area contributed by atoms with Crippen LogP contribution >= 0.6 is 12.2 Å². The molecule has 0 unspecified atom stereocenters. The lowest BCUT2D eigenvalue weighted by atomic mass is 10.2. The van der Waals surface area contributed by atoms with Crippen LogP contribution in [0.25, 0.3) is 6.08 Å². The molecule has 0 saturated carbocycles.